The van der Waals surface area contributed by atoms with E-state index in [4.69, 9.17) is 4.74 Å². The summed E-state index contributed by atoms with van der Waals surface area (Å²) in [6, 6.07) is -0.519. The second-order valence-electron chi connectivity index (χ2n) is 6.03. The first-order valence-electron chi connectivity index (χ1n) is 7.45. The second kappa shape index (κ2) is 6.60. The summed E-state index contributed by atoms with van der Waals surface area (Å²) in [5.41, 5.74) is 0. The molecule has 0 radical (unpaired) electrons. The fourth-order valence-corrected chi connectivity index (χ4v) is 4.79. The van der Waals surface area contributed by atoms with Gasteiger partial charge in [0.15, 0.2) is 0 Å². The van der Waals surface area contributed by atoms with E-state index in [-0.39, 0.29) is 12.2 Å². The van der Waals surface area contributed by atoms with Crippen molar-refractivity contribution < 1.29 is 23.1 Å². The topological polar surface area (TPSA) is 95.9 Å². The van der Waals surface area contributed by atoms with Gasteiger partial charge in [0.25, 0.3) is 10.2 Å². The molecule has 1 aliphatic carbocycles. The van der Waals surface area contributed by atoms with Crippen molar-refractivity contribution in [1.82, 2.24) is 9.03 Å². The molecular weight excluding hydrogens is 296 g/mol. The van der Waals surface area contributed by atoms with Crippen LogP contribution in [0.5, 0.6) is 0 Å². The molecule has 0 bridgehead atoms. The maximum atomic E-state index is 12.5. The summed E-state index contributed by atoms with van der Waals surface area (Å²) >= 11 is 0. The molecule has 0 amide bonds. The van der Waals surface area contributed by atoms with Crippen LogP contribution < -0.4 is 4.72 Å². The summed E-state index contributed by atoms with van der Waals surface area (Å²) in [5, 5.41) is 9.23. The van der Waals surface area contributed by atoms with Gasteiger partial charge in [0, 0.05) is 19.1 Å². The van der Waals surface area contributed by atoms with Crippen molar-refractivity contribution in [1.29, 1.82) is 0 Å². The standard InChI is InChI=1S/C13H24N2O5S/c1-9-7-15(8-10(2)20-9)21(18,19)14-12-6-4-3-5-11(12)13(16)17/h9-12,14H,3-8H2,1-2H3,(H,16,17). The SMILES string of the molecule is CC1CN(S(=O)(=O)NC2CCCCC2C(=O)O)CC(C)O1. The van der Waals surface area contributed by atoms with E-state index >= 15 is 0 Å². The molecule has 1 saturated heterocycles. The number of carboxylic acids is 1. The molecule has 0 aromatic carbocycles. The minimum atomic E-state index is -3.68. The zero-order chi connectivity index (χ0) is 15.6. The van der Waals surface area contributed by atoms with E-state index in [1.165, 1.54) is 4.31 Å². The molecule has 7 nitrogen and oxygen atoms in total. The highest BCUT2D eigenvalue weighted by Gasteiger charge is 2.37. The van der Waals surface area contributed by atoms with Gasteiger partial charge >= 0.3 is 5.97 Å². The molecule has 2 N–H and O–H groups in total. The fraction of sp³-hybridized carbons (Fsp3) is 0.923. The molecule has 2 fully saturated rings. The molecule has 4 atom stereocenters. The Morgan fingerprint density at radius 1 is 1.19 bits per heavy atom. The summed E-state index contributed by atoms with van der Waals surface area (Å²) in [6.45, 7) is 4.26. The van der Waals surface area contributed by atoms with E-state index in [9.17, 15) is 18.3 Å². The van der Waals surface area contributed by atoms with Gasteiger partial charge in [-0.1, -0.05) is 12.8 Å². The third kappa shape index (κ3) is 4.15. The van der Waals surface area contributed by atoms with E-state index in [1.807, 2.05) is 13.8 Å². The van der Waals surface area contributed by atoms with Crippen molar-refractivity contribution in [2.24, 2.45) is 5.92 Å². The van der Waals surface area contributed by atoms with Crippen molar-refractivity contribution in [2.45, 2.75) is 57.8 Å². The first-order valence-corrected chi connectivity index (χ1v) is 8.89. The number of morpholine rings is 1. The molecular formula is C13H24N2O5S. The van der Waals surface area contributed by atoms with Crippen LogP contribution in [0.4, 0.5) is 0 Å². The molecule has 2 aliphatic rings. The number of nitrogens with one attached hydrogen (secondary N) is 1. The zero-order valence-electron chi connectivity index (χ0n) is 12.5. The Labute approximate surface area is 125 Å². The van der Waals surface area contributed by atoms with Crippen LogP contribution in [-0.2, 0) is 19.7 Å². The van der Waals surface area contributed by atoms with Crippen LogP contribution in [0.15, 0.2) is 0 Å². The molecule has 2 rings (SSSR count). The molecule has 8 heteroatoms. The first-order chi connectivity index (χ1) is 9.79. The predicted octanol–water partition coefficient (Wildman–Crippen LogP) is 0.573. The number of aliphatic carboxylic acids is 1. The molecule has 21 heavy (non-hydrogen) atoms. The minimum Gasteiger partial charge on any atom is -0.481 e. The normalized spacial score (nSPS) is 35.5. The van der Waals surface area contributed by atoms with E-state index in [2.05, 4.69) is 4.72 Å². The molecule has 122 valence electrons. The highest BCUT2D eigenvalue weighted by atomic mass is 32.2. The van der Waals surface area contributed by atoms with Crippen molar-refractivity contribution >= 4 is 16.2 Å². The summed E-state index contributed by atoms with van der Waals surface area (Å²) in [5.74, 6) is -1.56. The van der Waals surface area contributed by atoms with Crippen molar-refractivity contribution in [2.75, 3.05) is 13.1 Å². The Balaban J connectivity index is 2.07. The molecule has 0 aromatic heterocycles. The second-order valence-corrected chi connectivity index (χ2v) is 7.74. The van der Waals surface area contributed by atoms with Crippen LogP contribution in [-0.4, -0.2) is 55.1 Å². The Morgan fingerprint density at radius 2 is 1.76 bits per heavy atom. The number of carbonyl (C=O) groups is 1. The van der Waals surface area contributed by atoms with Gasteiger partial charge < -0.3 is 9.84 Å². The lowest BCUT2D eigenvalue weighted by Crippen LogP contribution is -2.55. The van der Waals surface area contributed by atoms with Gasteiger partial charge in [0.1, 0.15) is 0 Å². The van der Waals surface area contributed by atoms with Gasteiger partial charge in [-0.3, -0.25) is 4.79 Å². The summed E-state index contributed by atoms with van der Waals surface area (Å²) in [7, 11) is -3.68. The van der Waals surface area contributed by atoms with E-state index in [0.717, 1.165) is 12.8 Å². The lowest BCUT2D eigenvalue weighted by molar-refractivity contribution is -0.143. The van der Waals surface area contributed by atoms with Gasteiger partial charge in [0.05, 0.1) is 18.1 Å². The number of nitrogens with zero attached hydrogens (tertiary/aromatic N) is 1. The predicted molar refractivity (Wildman–Crippen MR) is 77.0 cm³/mol. The molecule has 1 aliphatic heterocycles. The molecule has 4 unspecified atom stereocenters. The van der Waals surface area contributed by atoms with Crippen LogP contribution in [0.2, 0.25) is 0 Å². The lowest BCUT2D eigenvalue weighted by atomic mass is 9.85. The van der Waals surface area contributed by atoms with Crippen LogP contribution in [0.3, 0.4) is 0 Å². The summed E-state index contributed by atoms with van der Waals surface area (Å²) in [4.78, 5) is 11.3. The number of rotatable bonds is 4. The quantitative estimate of drug-likeness (QED) is 0.789. The maximum absolute atomic E-state index is 12.5. The Hall–Kier alpha value is -0.700. The Morgan fingerprint density at radius 3 is 2.33 bits per heavy atom. The lowest BCUT2D eigenvalue weighted by Gasteiger charge is -2.36. The van der Waals surface area contributed by atoms with Crippen LogP contribution in [0, 0.1) is 5.92 Å². The van der Waals surface area contributed by atoms with Crippen molar-refractivity contribution in [3.8, 4) is 0 Å². The molecule has 0 spiro atoms. The highest BCUT2D eigenvalue weighted by Crippen LogP contribution is 2.26. The Kier molecular flexibility index (Phi) is 5.24. The largest absolute Gasteiger partial charge is 0.481 e. The zero-order valence-corrected chi connectivity index (χ0v) is 13.3. The molecule has 1 heterocycles. The number of hydrogen-bond donors (Lipinski definition) is 2. The Bertz CT molecular complexity index is 471. The van der Waals surface area contributed by atoms with Crippen LogP contribution in [0.25, 0.3) is 0 Å². The minimum absolute atomic E-state index is 0.160. The maximum Gasteiger partial charge on any atom is 0.308 e. The van der Waals surface area contributed by atoms with Crippen molar-refractivity contribution in [3.63, 3.8) is 0 Å². The summed E-state index contributed by atoms with van der Waals surface area (Å²) < 4.78 is 34.5. The van der Waals surface area contributed by atoms with Crippen LogP contribution in [0.1, 0.15) is 39.5 Å². The number of carboxylic acid groups (broad SMARTS) is 1. The number of hydrogen-bond acceptors (Lipinski definition) is 4. The molecule has 0 aromatic rings. The van der Waals surface area contributed by atoms with Crippen LogP contribution >= 0.6 is 0 Å². The van der Waals surface area contributed by atoms with Gasteiger partial charge in [0.2, 0.25) is 0 Å². The van der Waals surface area contributed by atoms with E-state index in [0.29, 0.717) is 25.9 Å². The van der Waals surface area contributed by atoms with Gasteiger partial charge in [-0.05, 0) is 26.7 Å². The highest BCUT2D eigenvalue weighted by molar-refractivity contribution is 7.87. The van der Waals surface area contributed by atoms with Gasteiger partial charge in [-0.25, -0.2) is 0 Å². The number of ether oxygens (including phenoxy) is 1. The molecule has 1 saturated carbocycles. The monoisotopic (exact) mass is 320 g/mol. The summed E-state index contributed by atoms with van der Waals surface area (Å²) in [6.07, 6.45) is 2.47. The average molecular weight is 320 g/mol. The first kappa shape index (κ1) is 16.7. The third-order valence-electron chi connectivity index (χ3n) is 4.11. The van der Waals surface area contributed by atoms with Gasteiger partial charge in [-0.2, -0.15) is 17.4 Å². The van der Waals surface area contributed by atoms with Gasteiger partial charge in [-0.15, -0.1) is 0 Å². The van der Waals surface area contributed by atoms with Crippen molar-refractivity contribution in [3.05, 3.63) is 0 Å². The third-order valence-corrected chi connectivity index (χ3v) is 5.69. The average Bonchev–Trinajstić information content (AvgIpc) is 2.37. The van der Waals surface area contributed by atoms with E-state index < -0.39 is 28.1 Å². The fourth-order valence-electron chi connectivity index (χ4n) is 3.16. The smallest absolute Gasteiger partial charge is 0.308 e. The van der Waals surface area contributed by atoms with E-state index in [1.54, 1.807) is 0 Å².